The number of rotatable bonds is 5. The van der Waals surface area contributed by atoms with Crippen LogP contribution in [0.4, 0.5) is 8.78 Å². The van der Waals surface area contributed by atoms with Gasteiger partial charge in [-0.25, -0.2) is 8.78 Å². The van der Waals surface area contributed by atoms with Crippen LogP contribution in [0.15, 0.2) is 12.1 Å². The van der Waals surface area contributed by atoms with Crippen molar-refractivity contribution in [3.8, 4) is 6.07 Å². The Balaban J connectivity index is 3.31. The highest BCUT2D eigenvalue weighted by Crippen LogP contribution is 2.29. The molecule has 0 aliphatic rings. The van der Waals surface area contributed by atoms with Gasteiger partial charge in [0, 0.05) is 12.1 Å². The number of carbonyl (C=O) groups excluding carboxylic acids is 1. The second kappa shape index (κ2) is 6.81. The van der Waals surface area contributed by atoms with Crippen molar-refractivity contribution in [2.45, 2.75) is 26.3 Å². The minimum atomic E-state index is -2.84. The molecule has 0 unspecified atom stereocenters. The Kier molecular flexibility index (Phi) is 5.39. The van der Waals surface area contributed by atoms with Gasteiger partial charge >= 0.3 is 5.97 Å². The highest BCUT2D eigenvalue weighted by Gasteiger charge is 2.22. The third-order valence-corrected chi connectivity index (χ3v) is 2.64. The number of benzene rings is 1. The molecule has 0 atom stereocenters. The number of nitrogens with two attached hydrogens (primary N) is 1. The maximum Gasteiger partial charge on any atom is 0.310 e. The van der Waals surface area contributed by atoms with Crippen LogP contribution < -0.4 is 5.73 Å². The zero-order chi connectivity index (χ0) is 14.4. The summed E-state index contributed by atoms with van der Waals surface area (Å²) < 4.78 is 30.9. The number of hydrogen-bond acceptors (Lipinski definition) is 4. The van der Waals surface area contributed by atoms with Crippen LogP contribution in [0.25, 0.3) is 0 Å². The van der Waals surface area contributed by atoms with Crippen LogP contribution >= 0.6 is 0 Å². The second-order valence-electron chi connectivity index (χ2n) is 3.76. The van der Waals surface area contributed by atoms with Crippen LogP contribution in [0.3, 0.4) is 0 Å². The number of hydrogen-bond donors (Lipinski definition) is 1. The Bertz CT molecular complexity index is 510. The Morgan fingerprint density at radius 1 is 1.53 bits per heavy atom. The van der Waals surface area contributed by atoms with E-state index in [1.807, 2.05) is 0 Å². The van der Waals surface area contributed by atoms with E-state index in [9.17, 15) is 13.6 Å². The molecule has 1 rings (SSSR count). The molecule has 0 aliphatic heterocycles. The summed E-state index contributed by atoms with van der Waals surface area (Å²) in [6.07, 6.45) is -3.15. The van der Waals surface area contributed by atoms with E-state index < -0.39 is 18.0 Å². The van der Waals surface area contributed by atoms with Gasteiger partial charge < -0.3 is 10.5 Å². The van der Waals surface area contributed by atoms with E-state index in [1.165, 1.54) is 12.1 Å². The van der Waals surface area contributed by atoms with Crippen molar-refractivity contribution in [2.24, 2.45) is 5.73 Å². The van der Waals surface area contributed by atoms with Crippen LogP contribution in [0.5, 0.6) is 0 Å². The largest absolute Gasteiger partial charge is 0.466 e. The number of nitrogens with zero attached hydrogens (tertiary/aromatic N) is 1. The molecule has 0 aliphatic carbocycles. The van der Waals surface area contributed by atoms with Crippen molar-refractivity contribution in [1.82, 2.24) is 0 Å². The predicted molar refractivity (Wildman–Crippen MR) is 64.3 cm³/mol. The van der Waals surface area contributed by atoms with Crippen molar-refractivity contribution in [3.05, 3.63) is 34.4 Å². The smallest absolute Gasteiger partial charge is 0.310 e. The number of ether oxygens (including phenoxy) is 1. The van der Waals surface area contributed by atoms with Crippen LogP contribution in [0.1, 0.15) is 35.6 Å². The van der Waals surface area contributed by atoms with Gasteiger partial charge in [0.05, 0.1) is 24.7 Å². The number of nitriles is 1. The first kappa shape index (κ1) is 15.1. The molecule has 0 bridgehead atoms. The summed E-state index contributed by atoms with van der Waals surface area (Å²) >= 11 is 0. The molecular formula is C13H14F2N2O2. The molecule has 0 amide bonds. The summed E-state index contributed by atoms with van der Waals surface area (Å²) in [6.45, 7) is 1.81. The van der Waals surface area contributed by atoms with Gasteiger partial charge in [-0.1, -0.05) is 6.07 Å². The molecule has 19 heavy (non-hydrogen) atoms. The van der Waals surface area contributed by atoms with E-state index in [4.69, 9.17) is 15.7 Å². The zero-order valence-corrected chi connectivity index (χ0v) is 10.5. The average molecular weight is 268 g/mol. The minimum absolute atomic E-state index is 0.0141. The molecule has 0 aromatic heterocycles. The predicted octanol–water partition coefficient (Wildman–Crippen LogP) is 2.06. The molecule has 0 saturated carbocycles. The first-order chi connectivity index (χ1) is 9.04. The van der Waals surface area contributed by atoms with Gasteiger partial charge in [0.1, 0.15) is 0 Å². The zero-order valence-electron chi connectivity index (χ0n) is 10.5. The summed E-state index contributed by atoms with van der Waals surface area (Å²) in [5.74, 6) is -0.616. The van der Waals surface area contributed by atoms with Gasteiger partial charge in [0.15, 0.2) is 0 Å². The number of esters is 1. The lowest BCUT2D eigenvalue weighted by Crippen LogP contribution is -2.14. The van der Waals surface area contributed by atoms with Crippen molar-refractivity contribution >= 4 is 5.97 Å². The lowest BCUT2D eigenvalue weighted by atomic mass is 9.94. The molecule has 4 nitrogen and oxygen atoms in total. The van der Waals surface area contributed by atoms with E-state index >= 15 is 0 Å². The van der Waals surface area contributed by atoms with Crippen LogP contribution in [-0.2, 0) is 22.5 Å². The Hall–Kier alpha value is -2.00. The Morgan fingerprint density at radius 3 is 2.68 bits per heavy atom. The van der Waals surface area contributed by atoms with Crippen LogP contribution in [0.2, 0.25) is 0 Å². The van der Waals surface area contributed by atoms with Crippen molar-refractivity contribution < 1.29 is 18.3 Å². The van der Waals surface area contributed by atoms with Gasteiger partial charge in [-0.3, -0.25) is 4.79 Å². The van der Waals surface area contributed by atoms with E-state index in [2.05, 4.69) is 0 Å². The molecule has 0 heterocycles. The van der Waals surface area contributed by atoms with Gasteiger partial charge in [0.25, 0.3) is 6.43 Å². The molecule has 1 aromatic rings. The average Bonchev–Trinajstić information content (AvgIpc) is 2.37. The molecule has 0 radical (unpaired) electrons. The molecule has 0 fully saturated rings. The summed E-state index contributed by atoms with van der Waals surface area (Å²) in [7, 11) is 0. The van der Waals surface area contributed by atoms with Crippen molar-refractivity contribution in [3.63, 3.8) is 0 Å². The van der Waals surface area contributed by atoms with Gasteiger partial charge in [-0.05, 0) is 24.1 Å². The fourth-order valence-electron chi connectivity index (χ4n) is 1.81. The summed E-state index contributed by atoms with van der Waals surface area (Å²) in [5.41, 5.74) is 5.41. The first-order valence-corrected chi connectivity index (χ1v) is 5.73. The summed E-state index contributed by atoms with van der Waals surface area (Å²) in [5, 5.41) is 8.86. The summed E-state index contributed by atoms with van der Waals surface area (Å²) in [4.78, 5) is 11.5. The maximum atomic E-state index is 13.1. The first-order valence-electron chi connectivity index (χ1n) is 5.73. The van der Waals surface area contributed by atoms with Gasteiger partial charge in [-0.15, -0.1) is 0 Å². The van der Waals surface area contributed by atoms with Gasteiger partial charge in [-0.2, -0.15) is 5.26 Å². The lowest BCUT2D eigenvalue weighted by Gasteiger charge is -2.14. The fraction of sp³-hybridized carbons (Fsp3) is 0.385. The highest BCUT2D eigenvalue weighted by molar-refractivity contribution is 5.74. The number of halogens is 2. The molecule has 2 N–H and O–H groups in total. The monoisotopic (exact) mass is 268 g/mol. The van der Waals surface area contributed by atoms with E-state index in [0.29, 0.717) is 5.56 Å². The molecule has 1 aromatic carbocycles. The van der Waals surface area contributed by atoms with Crippen LogP contribution in [-0.4, -0.2) is 12.6 Å². The standard InChI is InChI=1S/C13H14F2N2O2/c1-2-19-11(18)5-10-8(6-16)3-4-9(7-17)12(10)13(14)15/h3-4,13H,2,5-6,16H2,1H3. The molecule has 0 saturated heterocycles. The molecular weight excluding hydrogens is 254 g/mol. The minimum Gasteiger partial charge on any atom is -0.466 e. The van der Waals surface area contributed by atoms with Crippen LogP contribution in [0, 0.1) is 11.3 Å². The van der Waals surface area contributed by atoms with E-state index in [-0.39, 0.29) is 30.7 Å². The topological polar surface area (TPSA) is 76.1 Å². The van der Waals surface area contributed by atoms with Gasteiger partial charge in [0.2, 0.25) is 0 Å². The summed E-state index contributed by atoms with van der Waals surface area (Å²) in [6, 6.07) is 4.48. The Morgan fingerprint density at radius 2 is 2.21 bits per heavy atom. The van der Waals surface area contributed by atoms with Crippen molar-refractivity contribution in [2.75, 3.05) is 6.61 Å². The van der Waals surface area contributed by atoms with E-state index in [0.717, 1.165) is 0 Å². The molecule has 6 heteroatoms. The fourth-order valence-corrected chi connectivity index (χ4v) is 1.81. The van der Waals surface area contributed by atoms with E-state index in [1.54, 1.807) is 13.0 Å². The maximum absolute atomic E-state index is 13.1. The third-order valence-electron chi connectivity index (χ3n) is 2.64. The second-order valence-corrected chi connectivity index (χ2v) is 3.76. The SMILES string of the molecule is CCOC(=O)Cc1c(CN)ccc(C#N)c1C(F)F. The third kappa shape index (κ3) is 3.48. The van der Waals surface area contributed by atoms with Crippen molar-refractivity contribution in [1.29, 1.82) is 5.26 Å². The molecule has 0 spiro atoms. The molecule has 102 valence electrons. The number of alkyl halides is 2. The number of carbonyl (C=O) groups is 1. The normalized spacial score (nSPS) is 10.3. The Labute approximate surface area is 109 Å². The lowest BCUT2D eigenvalue weighted by molar-refractivity contribution is -0.142. The highest BCUT2D eigenvalue weighted by atomic mass is 19.3. The quantitative estimate of drug-likeness (QED) is 0.829.